The molecule has 4 rings (SSSR count). The highest BCUT2D eigenvalue weighted by atomic mass is 35.5. The number of rotatable bonds is 4. The molecular formula is C20H22ClNO6. The highest BCUT2D eigenvalue weighted by Gasteiger charge is 2.44. The van der Waals surface area contributed by atoms with Gasteiger partial charge in [-0.05, 0) is 36.2 Å². The van der Waals surface area contributed by atoms with Gasteiger partial charge in [0, 0.05) is 17.9 Å². The van der Waals surface area contributed by atoms with Gasteiger partial charge in [0.25, 0.3) is 0 Å². The molecule has 0 aromatic heterocycles. The summed E-state index contributed by atoms with van der Waals surface area (Å²) in [5.41, 5.74) is 3.33. The molecule has 0 saturated carbocycles. The Hall–Kier alpha value is -1.87. The van der Waals surface area contributed by atoms with Crippen molar-refractivity contribution in [1.29, 1.82) is 0 Å². The molecule has 0 spiro atoms. The molecule has 0 aliphatic carbocycles. The molecule has 28 heavy (non-hydrogen) atoms. The normalized spacial score (nSPS) is 29.6. The van der Waals surface area contributed by atoms with Gasteiger partial charge in [-0.1, -0.05) is 29.8 Å². The summed E-state index contributed by atoms with van der Waals surface area (Å²) in [6, 6.07) is 13.5. The minimum Gasteiger partial charge on any atom is -0.460 e. The Morgan fingerprint density at radius 3 is 2.61 bits per heavy atom. The van der Waals surface area contributed by atoms with Crippen LogP contribution in [0.15, 0.2) is 42.5 Å². The van der Waals surface area contributed by atoms with E-state index in [9.17, 15) is 20.4 Å². The van der Waals surface area contributed by atoms with Gasteiger partial charge in [-0.15, -0.1) is 0 Å². The number of halogens is 1. The van der Waals surface area contributed by atoms with Crippen LogP contribution in [0.4, 0.5) is 11.4 Å². The van der Waals surface area contributed by atoms with E-state index >= 15 is 0 Å². The molecule has 0 radical (unpaired) electrons. The zero-order chi connectivity index (χ0) is 19.8. The largest absolute Gasteiger partial charge is 0.460 e. The maximum atomic E-state index is 10.1. The molecule has 150 valence electrons. The van der Waals surface area contributed by atoms with Crippen molar-refractivity contribution < 1.29 is 29.9 Å². The Bertz CT molecular complexity index is 847. The number of benzene rings is 2. The molecule has 7 nitrogen and oxygen atoms in total. The smallest absolute Gasteiger partial charge is 0.229 e. The molecule has 0 unspecified atom stereocenters. The zero-order valence-corrected chi connectivity index (χ0v) is 15.7. The van der Waals surface area contributed by atoms with E-state index in [1.807, 2.05) is 18.2 Å². The van der Waals surface area contributed by atoms with Crippen molar-refractivity contribution in [3.63, 3.8) is 0 Å². The van der Waals surface area contributed by atoms with Crippen LogP contribution in [0, 0.1) is 0 Å². The molecule has 2 heterocycles. The van der Waals surface area contributed by atoms with Crippen LogP contribution in [0.5, 0.6) is 5.75 Å². The highest BCUT2D eigenvalue weighted by molar-refractivity contribution is 6.32. The lowest BCUT2D eigenvalue weighted by molar-refractivity contribution is -0.277. The minimum atomic E-state index is -1.50. The van der Waals surface area contributed by atoms with Gasteiger partial charge in [0.05, 0.1) is 11.6 Å². The second-order valence-corrected chi connectivity index (χ2v) is 7.37. The average molecular weight is 408 g/mol. The van der Waals surface area contributed by atoms with Crippen LogP contribution in [-0.2, 0) is 11.2 Å². The first-order valence-electron chi connectivity index (χ1n) is 9.11. The fourth-order valence-electron chi connectivity index (χ4n) is 3.65. The molecule has 1 saturated heterocycles. The van der Waals surface area contributed by atoms with Crippen molar-refractivity contribution in [2.24, 2.45) is 0 Å². The molecule has 1 fully saturated rings. The minimum absolute atomic E-state index is 0.266. The fourth-order valence-corrected chi connectivity index (χ4v) is 3.87. The summed E-state index contributed by atoms with van der Waals surface area (Å²) >= 11 is 6.39. The van der Waals surface area contributed by atoms with Crippen molar-refractivity contribution in [2.75, 3.05) is 18.1 Å². The number of fused-ring (bicyclic) bond motifs is 1. The monoisotopic (exact) mass is 407 g/mol. The summed E-state index contributed by atoms with van der Waals surface area (Å²) in [6.45, 7) is 0.328. The van der Waals surface area contributed by atoms with Crippen molar-refractivity contribution in [3.05, 3.63) is 53.1 Å². The van der Waals surface area contributed by atoms with E-state index in [4.69, 9.17) is 21.1 Å². The highest BCUT2D eigenvalue weighted by Crippen LogP contribution is 2.38. The van der Waals surface area contributed by atoms with Gasteiger partial charge in [-0.3, -0.25) is 0 Å². The molecular weight excluding hydrogens is 386 g/mol. The third kappa shape index (κ3) is 3.45. The first-order valence-corrected chi connectivity index (χ1v) is 9.49. The van der Waals surface area contributed by atoms with Crippen LogP contribution in [0.2, 0.25) is 5.02 Å². The summed E-state index contributed by atoms with van der Waals surface area (Å²) in [7, 11) is 0. The zero-order valence-electron chi connectivity index (χ0n) is 15.0. The van der Waals surface area contributed by atoms with Crippen LogP contribution >= 0.6 is 11.6 Å². The van der Waals surface area contributed by atoms with Gasteiger partial charge in [0.15, 0.2) is 0 Å². The van der Waals surface area contributed by atoms with E-state index < -0.39 is 37.3 Å². The van der Waals surface area contributed by atoms with E-state index in [0.717, 1.165) is 24.3 Å². The fraction of sp³-hybridized carbons (Fsp3) is 0.400. The van der Waals surface area contributed by atoms with Crippen LogP contribution < -0.4 is 9.64 Å². The van der Waals surface area contributed by atoms with Gasteiger partial charge in [-0.2, -0.15) is 0 Å². The molecule has 4 N–H and O–H groups in total. The number of ether oxygens (including phenoxy) is 2. The molecule has 0 bridgehead atoms. The third-order valence-corrected chi connectivity index (χ3v) is 5.50. The lowest BCUT2D eigenvalue weighted by Crippen LogP contribution is -2.60. The summed E-state index contributed by atoms with van der Waals surface area (Å²) < 4.78 is 11.0. The van der Waals surface area contributed by atoms with Crippen molar-refractivity contribution in [2.45, 2.75) is 37.1 Å². The summed E-state index contributed by atoms with van der Waals surface area (Å²) in [6.07, 6.45) is -5.78. The van der Waals surface area contributed by atoms with Crippen LogP contribution in [0.3, 0.4) is 0 Å². The van der Waals surface area contributed by atoms with Crippen molar-refractivity contribution in [1.82, 2.24) is 0 Å². The first kappa shape index (κ1) is 19.4. The Labute approximate surface area is 167 Å². The van der Waals surface area contributed by atoms with E-state index in [1.54, 1.807) is 12.1 Å². The van der Waals surface area contributed by atoms with Gasteiger partial charge in [0.1, 0.15) is 30.2 Å². The topological polar surface area (TPSA) is 103 Å². The standard InChI is InChI=1S/C20H22ClNO6/c21-13-9-12(22-8-7-11-3-1-2-4-14(11)22)5-6-15(13)27-20-19(26)18(25)17(24)16(10-23)28-20/h1-6,9,16-20,23-26H,7-8,10H2/t16-,17-,18+,19+,20+/m1/s1. The maximum Gasteiger partial charge on any atom is 0.229 e. The average Bonchev–Trinajstić information content (AvgIpc) is 3.14. The van der Waals surface area contributed by atoms with Crippen LogP contribution in [0.25, 0.3) is 0 Å². The van der Waals surface area contributed by atoms with Gasteiger partial charge in [-0.25, -0.2) is 0 Å². The SMILES string of the molecule is OC[C@H]1O[C@H](Oc2ccc(N3CCc4ccccc43)cc2Cl)[C@@H](O)[C@@H](O)[C@@H]1O. The Balaban J connectivity index is 1.53. The summed E-state index contributed by atoms with van der Waals surface area (Å²) in [5.74, 6) is 0.266. The number of nitrogens with zero attached hydrogens (tertiary/aromatic N) is 1. The molecule has 2 aliphatic rings. The molecule has 0 amide bonds. The number of anilines is 2. The van der Waals surface area contributed by atoms with Crippen molar-refractivity contribution in [3.8, 4) is 5.75 Å². The maximum absolute atomic E-state index is 10.1. The predicted molar refractivity (Wildman–Crippen MR) is 103 cm³/mol. The lowest BCUT2D eigenvalue weighted by Gasteiger charge is -2.39. The number of aliphatic hydroxyl groups is 4. The second-order valence-electron chi connectivity index (χ2n) is 6.96. The van der Waals surface area contributed by atoms with Crippen LogP contribution in [-0.4, -0.2) is 64.3 Å². The predicted octanol–water partition coefficient (Wildman–Crippen LogP) is 1.21. The molecule has 2 aromatic rings. The molecule has 8 heteroatoms. The third-order valence-electron chi connectivity index (χ3n) is 5.21. The number of aliphatic hydroxyl groups excluding tert-OH is 4. The van der Waals surface area contributed by atoms with E-state index in [1.165, 1.54) is 5.56 Å². The lowest BCUT2D eigenvalue weighted by atomic mass is 9.99. The number of hydrogen-bond donors (Lipinski definition) is 4. The Morgan fingerprint density at radius 1 is 1.07 bits per heavy atom. The Morgan fingerprint density at radius 2 is 1.86 bits per heavy atom. The van der Waals surface area contributed by atoms with Gasteiger partial charge < -0.3 is 34.8 Å². The van der Waals surface area contributed by atoms with E-state index in [-0.39, 0.29) is 5.75 Å². The first-order chi connectivity index (χ1) is 13.5. The Kier molecular flexibility index (Phi) is 5.46. The van der Waals surface area contributed by atoms with E-state index in [2.05, 4.69) is 17.0 Å². The summed E-state index contributed by atoms with van der Waals surface area (Å²) in [4.78, 5) is 2.17. The van der Waals surface area contributed by atoms with Crippen LogP contribution in [0.1, 0.15) is 5.56 Å². The van der Waals surface area contributed by atoms with E-state index in [0.29, 0.717) is 5.02 Å². The van der Waals surface area contributed by atoms with Gasteiger partial charge >= 0.3 is 0 Å². The van der Waals surface area contributed by atoms with Crippen molar-refractivity contribution >= 4 is 23.0 Å². The van der Waals surface area contributed by atoms with Gasteiger partial charge in [0.2, 0.25) is 6.29 Å². The molecule has 5 atom stereocenters. The number of hydrogen-bond acceptors (Lipinski definition) is 7. The summed E-state index contributed by atoms with van der Waals surface area (Å²) in [5, 5.41) is 39.4. The molecule has 2 aliphatic heterocycles. The molecule has 2 aromatic carbocycles. The second kappa shape index (κ2) is 7.87. The number of para-hydroxylation sites is 1. The quantitative estimate of drug-likeness (QED) is 0.604.